The molecule has 0 spiro atoms. The Bertz CT molecular complexity index is 527. The second kappa shape index (κ2) is 7.74. The van der Waals surface area contributed by atoms with Gasteiger partial charge in [-0.1, -0.05) is 12.1 Å². The second-order valence-corrected chi connectivity index (χ2v) is 5.39. The Hall–Kier alpha value is -2.15. The molecule has 7 heteroatoms. The lowest BCUT2D eigenvalue weighted by Gasteiger charge is -2.31. The molecule has 1 aromatic rings. The lowest BCUT2D eigenvalue weighted by Crippen LogP contribution is -2.44. The summed E-state index contributed by atoms with van der Waals surface area (Å²) in [6.07, 6.45) is 2.29. The molecule has 0 bridgehead atoms. The number of anilines is 1. The Kier molecular flexibility index (Phi) is 5.71. The number of nitrogens with zero attached hydrogens (tertiary/aromatic N) is 2. The Morgan fingerprint density at radius 3 is 2.68 bits per heavy atom. The van der Waals surface area contributed by atoms with Crippen LogP contribution in [0, 0.1) is 10.1 Å². The van der Waals surface area contributed by atoms with Gasteiger partial charge in [0.15, 0.2) is 0 Å². The number of piperidine rings is 1. The largest absolute Gasteiger partial charge is 0.379 e. The van der Waals surface area contributed by atoms with E-state index in [1.54, 1.807) is 18.2 Å². The summed E-state index contributed by atoms with van der Waals surface area (Å²) in [6, 6.07) is 6.96. The number of nitrogens with one attached hydrogen (secondary N) is 2. The van der Waals surface area contributed by atoms with Crippen molar-refractivity contribution >= 4 is 17.3 Å². The summed E-state index contributed by atoms with van der Waals surface area (Å²) in [5, 5.41) is 17.1. The molecule has 2 rings (SSSR count). The summed E-state index contributed by atoms with van der Waals surface area (Å²) >= 11 is 0. The fourth-order valence-electron chi connectivity index (χ4n) is 2.66. The van der Waals surface area contributed by atoms with Gasteiger partial charge < -0.3 is 15.5 Å². The van der Waals surface area contributed by atoms with Crippen LogP contribution in [0.1, 0.15) is 19.3 Å². The molecule has 1 saturated heterocycles. The SMILES string of the molecule is CNC1CCN(C(=O)CCNc2ccccc2[N+](=O)[O-])CC1. The van der Waals surface area contributed by atoms with E-state index in [0.29, 0.717) is 24.7 Å². The number of rotatable bonds is 6. The molecule has 0 radical (unpaired) electrons. The van der Waals surface area contributed by atoms with Crippen LogP contribution < -0.4 is 10.6 Å². The molecule has 0 atom stereocenters. The molecule has 1 aliphatic heterocycles. The number of para-hydroxylation sites is 2. The first-order chi connectivity index (χ1) is 10.6. The van der Waals surface area contributed by atoms with Crippen LogP contribution in [-0.4, -0.2) is 48.5 Å². The van der Waals surface area contributed by atoms with Gasteiger partial charge in [-0.3, -0.25) is 14.9 Å². The highest BCUT2D eigenvalue weighted by Crippen LogP contribution is 2.23. The van der Waals surface area contributed by atoms with Crippen molar-refractivity contribution in [1.82, 2.24) is 10.2 Å². The quantitative estimate of drug-likeness (QED) is 0.616. The van der Waals surface area contributed by atoms with Gasteiger partial charge in [0.1, 0.15) is 5.69 Å². The molecule has 1 aromatic carbocycles. The topological polar surface area (TPSA) is 87.5 Å². The number of amides is 1. The van der Waals surface area contributed by atoms with Crippen molar-refractivity contribution in [2.45, 2.75) is 25.3 Å². The maximum atomic E-state index is 12.1. The zero-order chi connectivity index (χ0) is 15.9. The number of carbonyl (C=O) groups is 1. The maximum absolute atomic E-state index is 12.1. The summed E-state index contributed by atoms with van der Waals surface area (Å²) < 4.78 is 0. The highest BCUT2D eigenvalue weighted by molar-refractivity contribution is 5.77. The highest BCUT2D eigenvalue weighted by atomic mass is 16.6. The van der Waals surface area contributed by atoms with Crippen LogP contribution in [0.4, 0.5) is 11.4 Å². The molecule has 7 nitrogen and oxygen atoms in total. The fourth-order valence-corrected chi connectivity index (χ4v) is 2.66. The Morgan fingerprint density at radius 2 is 2.05 bits per heavy atom. The van der Waals surface area contributed by atoms with Gasteiger partial charge in [0.25, 0.3) is 5.69 Å². The molecule has 0 aliphatic carbocycles. The zero-order valence-corrected chi connectivity index (χ0v) is 12.7. The average Bonchev–Trinajstić information content (AvgIpc) is 2.55. The fraction of sp³-hybridized carbons (Fsp3) is 0.533. The Labute approximate surface area is 129 Å². The predicted molar refractivity (Wildman–Crippen MR) is 84.9 cm³/mol. The first kappa shape index (κ1) is 16.2. The van der Waals surface area contributed by atoms with E-state index in [0.717, 1.165) is 25.9 Å². The van der Waals surface area contributed by atoms with Crippen molar-refractivity contribution < 1.29 is 9.72 Å². The van der Waals surface area contributed by atoms with Crippen LogP contribution >= 0.6 is 0 Å². The molecule has 22 heavy (non-hydrogen) atoms. The van der Waals surface area contributed by atoms with Gasteiger partial charge in [0.05, 0.1) is 4.92 Å². The Morgan fingerprint density at radius 1 is 1.36 bits per heavy atom. The van der Waals surface area contributed by atoms with Crippen LogP contribution in [0.15, 0.2) is 24.3 Å². The van der Waals surface area contributed by atoms with Crippen molar-refractivity contribution in [2.75, 3.05) is 32.0 Å². The van der Waals surface area contributed by atoms with Gasteiger partial charge in [0.2, 0.25) is 5.91 Å². The average molecular weight is 306 g/mol. The summed E-state index contributed by atoms with van der Waals surface area (Å²) in [5.41, 5.74) is 0.485. The third-order valence-corrected chi connectivity index (χ3v) is 4.01. The van der Waals surface area contributed by atoms with Crippen molar-refractivity contribution in [3.8, 4) is 0 Å². The first-order valence-electron chi connectivity index (χ1n) is 7.54. The standard InChI is InChI=1S/C15H22N4O3/c1-16-12-7-10-18(11-8-12)15(20)6-9-17-13-4-2-3-5-14(13)19(21)22/h2-5,12,16-17H,6-11H2,1H3. The van der Waals surface area contributed by atoms with Gasteiger partial charge in [0, 0.05) is 38.2 Å². The monoisotopic (exact) mass is 306 g/mol. The number of benzene rings is 1. The minimum atomic E-state index is -0.424. The van der Waals surface area contributed by atoms with Crippen LogP contribution in [0.3, 0.4) is 0 Å². The van der Waals surface area contributed by atoms with Gasteiger partial charge >= 0.3 is 0 Å². The molecular weight excluding hydrogens is 284 g/mol. The number of hydrogen-bond donors (Lipinski definition) is 2. The molecule has 1 fully saturated rings. The zero-order valence-electron chi connectivity index (χ0n) is 12.7. The van der Waals surface area contributed by atoms with E-state index in [2.05, 4.69) is 10.6 Å². The van der Waals surface area contributed by atoms with Gasteiger partial charge in [-0.25, -0.2) is 0 Å². The number of nitro groups is 1. The normalized spacial score (nSPS) is 15.6. The molecule has 120 valence electrons. The van der Waals surface area contributed by atoms with E-state index >= 15 is 0 Å². The first-order valence-corrected chi connectivity index (χ1v) is 7.54. The van der Waals surface area contributed by atoms with Crippen molar-refractivity contribution in [1.29, 1.82) is 0 Å². The van der Waals surface area contributed by atoms with E-state index < -0.39 is 4.92 Å². The molecule has 2 N–H and O–H groups in total. The van der Waals surface area contributed by atoms with Gasteiger partial charge in [-0.2, -0.15) is 0 Å². The third kappa shape index (κ3) is 4.17. The molecule has 0 unspecified atom stereocenters. The van der Waals surface area contributed by atoms with E-state index in [4.69, 9.17) is 0 Å². The van der Waals surface area contributed by atoms with Crippen LogP contribution in [0.5, 0.6) is 0 Å². The van der Waals surface area contributed by atoms with E-state index in [1.165, 1.54) is 6.07 Å². The van der Waals surface area contributed by atoms with Crippen LogP contribution in [-0.2, 0) is 4.79 Å². The van der Waals surface area contributed by atoms with Gasteiger partial charge in [-0.15, -0.1) is 0 Å². The maximum Gasteiger partial charge on any atom is 0.292 e. The molecule has 0 aromatic heterocycles. The third-order valence-electron chi connectivity index (χ3n) is 4.01. The van der Waals surface area contributed by atoms with Crippen molar-refractivity contribution in [3.63, 3.8) is 0 Å². The molecule has 1 aliphatic rings. The van der Waals surface area contributed by atoms with Crippen molar-refractivity contribution in [3.05, 3.63) is 34.4 Å². The number of carbonyl (C=O) groups excluding carboxylic acids is 1. The van der Waals surface area contributed by atoms with Crippen LogP contribution in [0.2, 0.25) is 0 Å². The van der Waals surface area contributed by atoms with E-state index in [1.807, 2.05) is 11.9 Å². The summed E-state index contributed by atoms with van der Waals surface area (Å²) in [6.45, 7) is 1.95. The minimum absolute atomic E-state index is 0.0322. The molecular formula is C15H22N4O3. The molecule has 1 heterocycles. The Balaban J connectivity index is 1.79. The van der Waals surface area contributed by atoms with Crippen LogP contribution in [0.25, 0.3) is 0 Å². The summed E-state index contributed by atoms with van der Waals surface area (Å²) in [7, 11) is 1.94. The van der Waals surface area contributed by atoms with Gasteiger partial charge in [-0.05, 0) is 26.0 Å². The van der Waals surface area contributed by atoms with E-state index in [-0.39, 0.29) is 11.6 Å². The van der Waals surface area contributed by atoms with E-state index in [9.17, 15) is 14.9 Å². The number of likely N-dealkylation sites (tertiary alicyclic amines) is 1. The second-order valence-electron chi connectivity index (χ2n) is 5.39. The number of nitro benzene ring substituents is 1. The summed E-state index contributed by atoms with van der Waals surface area (Å²) in [5.74, 6) is 0.0978. The number of hydrogen-bond acceptors (Lipinski definition) is 5. The molecule has 1 amide bonds. The summed E-state index contributed by atoms with van der Waals surface area (Å²) in [4.78, 5) is 24.5. The lowest BCUT2D eigenvalue weighted by molar-refractivity contribution is -0.384. The molecule has 0 saturated carbocycles. The highest BCUT2D eigenvalue weighted by Gasteiger charge is 2.21. The lowest BCUT2D eigenvalue weighted by atomic mass is 10.1. The van der Waals surface area contributed by atoms with Crippen molar-refractivity contribution in [2.24, 2.45) is 0 Å². The smallest absolute Gasteiger partial charge is 0.292 e. The predicted octanol–water partition coefficient (Wildman–Crippen LogP) is 1.61. The minimum Gasteiger partial charge on any atom is -0.379 e.